The lowest BCUT2D eigenvalue weighted by molar-refractivity contribution is 0.322. The van der Waals surface area contributed by atoms with Crippen LogP contribution < -0.4 is 5.73 Å². The second-order valence-electron chi connectivity index (χ2n) is 1.75. The van der Waals surface area contributed by atoms with E-state index in [1.165, 1.54) is 12.4 Å². The Hall–Kier alpha value is -1.58. The van der Waals surface area contributed by atoms with Crippen molar-refractivity contribution in [2.75, 3.05) is 5.73 Å². The van der Waals surface area contributed by atoms with E-state index >= 15 is 0 Å². The van der Waals surface area contributed by atoms with Crippen LogP contribution in [0.4, 0.5) is 5.69 Å². The number of hydrogen-bond acceptors (Lipinski definition) is 4. The Bertz CT molecular complexity index is 247. The molecule has 0 saturated heterocycles. The molecule has 52 valence electrons. The standard InChI is InChI=1S/C6H7N3O/c7-6-1-2-8-3-5(6)4-9-10/h1-4,10H,(H2,7,8)/b9-4+. The number of rotatable bonds is 1. The minimum Gasteiger partial charge on any atom is -0.411 e. The molecule has 0 atom stereocenters. The first-order valence-corrected chi connectivity index (χ1v) is 2.71. The van der Waals surface area contributed by atoms with Crippen molar-refractivity contribution >= 4 is 11.9 Å². The number of oxime groups is 1. The van der Waals surface area contributed by atoms with E-state index in [2.05, 4.69) is 10.1 Å². The number of nitrogens with zero attached hydrogens (tertiary/aromatic N) is 2. The van der Waals surface area contributed by atoms with Gasteiger partial charge in [-0.1, -0.05) is 5.16 Å². The molecule has 0 bridgehead atoms. The van der Waals surface area contributed by atoms with Gasteiger partial charge in [-0.25, -0.2) is 0 Å². The summed E-state index contributed by atoms with van der Waals surface area (Å²) in [5, 5.41) is 11.0. The molecule has 3 N–H and O–H groups in total. The molecule has 1 aromatic heterocycles. The van der Waals surface area contributed by atoms with Gasteiger partial charge in [0.1, 0.15) is 0 Å². The van der Waals surface area contributed by atoms with Gasteiger partial charge in [-0.2, -0.15) is 0 Å². The van der Waals surface area contributed by atoms with Crippen molar-refractivity contribution in [3.05, 3.63) is 24.0 Å². The highest BCUT2D eigenvalue weighted by molar-refractivity contribution is 5.85. The summed E-state index contributed by atoms with van der Waals surface area (Å²) in [4.78, 5) is 3.78. The summed E-state index contributed by atoms with van der Waals surface area (Å²) >= 11 is 0. The second-order valence-corrected chi connectivity index (χ2v) is 1.75. The lowest BCUT2D eigenvalue weighted by Gasteiger charge is -1.94. The Balaban J connectivity index is 3.03. The van der Waals surface area contributed by atoms with Crippen molar-refractivity contribution in [1.82, 2.24) is 4.98 Å². The molecule has 1 heterocycles. The fraction of sp³-hybridized carbons (Fsp3) is 0. The number of hydrogen-bond donors (Lipinski definition) is 2. The third kappa shape index (κ3) is 1.22. The summed E-state index contributed by atoms with van der Waals surface area (Å²) < 4.78 is 0. The van der Waals surface area contributed by atoms with Crippen molar-refractivity contribution in [2.45, 2.75) is 0 Å². The quantitative estimate of drug-likeness (QED) is 0.336. The van der Waals surface area contributed by atoms with E-state index in [-0.39, 0.29) is 0 Å². The third-order valence-electron chi connectivity index (χ3n) is 1.08. The molecule has 0 aliphatic carbocycles. The lowest BCUT2D eigenvalue weighted by atomic mass is 10.3. The highest BCUT2D eigenvalue weighted by atomic mass is 16.4. The zero-order chi connectivity index (χ0) is 7.40. The Morgan fingerprint density at radius 1 is 1.70 bits per heavy atom. The number of pyridine rings is 1. The topological polar surface area (TPSA) is 71.5 Å². The number of anilines is 1. The molecule has 4 heteroatoms. The van der Waals surface area contributed by atoms with Crippen LogP contribution in [0.2, 0.25) is 0 Å². The molecule has 0 fully saturated rings. The molecule has 0 radical (unpaired) electrons. The number of aromatic nitrogens is 1. The molecule has 0 saturated carbocycles. The second kappa shape index (κ2) is 2.82. The minimum atomic E-state index is 0.549. The van der Waals surface area contributed by atoms with Crippen LogP contribution in [0.1, 0.15) is 5.56 Å². The zero-order valence-electron chi connectivity index (χ0n) is 5.23. The zero-order valence-corrected chi connectivity index (χ0v) is 5.23. The first-order valence-electron chi connectivity index (χ1n) is 2.71. The lowest BCUT2D eigenvalue weighted by Crippen LogP contribution is -1.92. The predicted octanol–water partition coefficient (Wildman–Crippen LogP) is 0.472. The van der Waals surface area contributed by atoms with Crippen molar-refractivity contribution in [3.8, 4) is 0 Å². The van der Waals surface area contributed by atoms with Crippen molar-refractivity contribution < 1.29 is 5.21 Å². The fourth-order valence-corrected chi connectivity index (χ4v) is 0.587. The van der Waals surface area contributed by atoms with E-state index in [4.69, 9.17) is 10.9 Å². The maximum atomic E-state index is 8.13. The van der Waals surface area contributed by atoms with Crippen LogP contribution in [-0.4, -0.2) is 16.4 Å². The summed E-state index contributed by atoms with van der Waals surface area (Å²) in [7, 11) is 0. The summed E-state index contributed by atoms with van der Waals surface area (Å²) in [5.41, 5.74) is 6.63. The van der Waals surface area contributed by atoms with Gasteiger partial charge in [0, 0.05) is 23.6 Å². The van der Waals surface area contributed by atoms with Crippen LogP contribution >= 0.6 is 0 Å². The van der Waals surface area contributed by atoms with E-state index in [1.54, 1.807) is 12.3 Å². The van der Waals surface area contributed by atoms with E-state index in [0.29, 0.717) is 11.3 Å². The fourth-order valence-electron chi connectivity index (χ4n) is 0.587. The number of nitrogen functional groups attached to an aromatic ring is 1. The van der Waals surface area contributed by atoms with Gasteiger partial charge in [-0.3, -0.25) is 4.98 Å². The molecule has 10 heavy (non-hydrogen) atoms. The maximum Gasteiger partial charge on any atom is 0.0770 e. The summed E-state index contributed by atoms with van der Waals surface area (Å²) in [5.74, 6) is 0. The summed E-state index contributed by atoms with van der Waals surface area (Å²) in [6, 6.07) is 1.64. The Morgan fingerprint density at radius 3 is 3.10 bits per heavy atom. The van der Waals surface area contributed by atoms with E-state index in [1.807, 2.05) is 0 Å². The molecule has 0 unspecified atom stereocenters. The van der Waals surface area contributed by atoms with E-state index < -0.39 is 0 Å². The molecule has 0 amide bonds. The third-order valence-corrected chi connectivity index (χ3v) is 1.08. The first kappa shape index (κ1) is 6.54. The molecule has 0 aliphatic heterocycles. The smallest absolute Gasteiger partial charge is 0.0770 e. The number of nitrogens with two attached hydrogens (primary N) is 1. The highest BCUT2D eigenvalue weighted by Crippen LogP contribution is 2.04. The van der Waals surface area contributed by atoms with Gasteiger partial charge in [0.15, 0.2) is 0 Å². The van der Waals surface area contributed by atoms with E-state index in [0.717, 1.165) is 0 Å². The van der Waals surface area contributed by atoms with Crippen LogP contribution in [0, 0.1) is 0 Å². The van der Waals surface area contributed by atoms with Crippen molar-refractivity contribution in [2.24, 2.45) is 5.16 Å². The molecular formula is C6H7N3O. The predicted molar refractivity (Wildman–Crippen MR) is 38.0 cm³/mol. The van der Waals surface area contributed by atoms with Gasteiger partial charge >= 0.3 is 0 Å². The van der Waals surface area contributed by atoms with Crippen LogP contribution in [0.25, 0.3) is 0 Å². The van der Waals surface area contributed by atoms with Gasteiger partial charge in [-0.05, 0) is 6.07 Å². The molecule has 1 rings (SSSR count). The molecule has 0 aromatic carbocycles. The average Bonchev–Trinajstić information content (AvgIpc) is 1.94. The van der Waals surface area contributed by atoms with Gasteiger partial charge < -0.3 is 10.9 Å². The van der Waals surface area contributed by atoms with Crippen molar-refractivity contribution in [1.29, 1.82) is 0 Å². The van der Waals surface area contributed by atoms with Gasteiger partial charge in [0.05, 0.1) is 6.21 Å². The van der Waals surface area contributed by atoms with Gasteiger partial charge in [-0.15, -0.1) is 0 Å². The van der Waals surface area contributed by atoms with Crippen LogP contribution in [0.5, 0.6) is 0 Å². The molecule has 1 aromatic rings. The van der Waals surface area contributed by atoms with Crippen LogP contribution in [0.3, 0.4) is 0 Å². The molecular weight excluding hydrogens is 130 g/mol. The van der Waals surface area contributed by atoms with Crippen LogP contribution in [0.15, 0.2) is 23.6 Å². The molecule has 0 aliphatic rings. The monoisotopic (exact) mass is 137 g/mol. The van der Waals surface area contributed by atoms with Crippen LogP contribution in [-0.2, 0) is 0 Å². The molecule has 0 spiro atoms. The highest BCUT2D eigenvalue weighted by Gasteiger charge is 1.91. The largest absolute Gasteiger partial charge is 0.411 e. The maximum absolute atomic E-state index is 8.13. The normalized spacial score (nSPS) is 10.4. The van der Waals surface area contributed by atoms with Crippen molar-refractivity contribution in [3.63, 3.8) is 0 Å². The van der Waals surface area contributed by atoms with E-state index in [9.17, 15) is 0 Å². The average molecular weight is 137 g/mol. The minimum absolute atomic E-state index is 0.549. The Labute approximate surface area is 58.0 Å². The molecule has 4 nitrogen and oxygen atoms in total. The summed E-state index contributed by atoms with van der Waals surface area (Å²) in [6.07, 6.45) is 4.33. The first-order chi connectivity index (χ1) is 4.84. The van der Waals surface area contributed by atoms with Gasteiger partial charge in [0.2, 0.25) is 0 Å². The summed E-state index contributed by atoms with van der Waals surface area (Å²) in [6.45, 7) is 0. The van der Waals surface area contributed by atoms with Gasteiger partial charge in [0.25, 0.3) is 0 Å². The SMILES string of the molecule is Nc1ccncc1/C=N/O. The Morgan fingerprint density at radius 2 is 2.50 bits per heavy atom. The Kier molecular flexibility index (Phi) is 1.84.